The summed E-state index contributed by atoms with van der Waals surface area (Å²) in [5, 5.41) is 19.6. The third-order valence-corrected chi connectivity index (χ3v) is 3.44. The molecule has 0 radical (unpaired) electrons. The number of benzene rings is 2. The molecular formula is C17H18O3. The van der Waals surface area contributed by atoms with Crippen LogP contribution in [0.25, 0.3) is 11.1 Å². The van der Waals surface area contributed by atoms with Crippen LogP contribution in [0.4, 0.5) is 0 Å². The number of carboxylic acid groups (broad SMARTS) is 1. The zero-order valence-electron chi connectivity index (χ0n) is 11.4. The third kappa shape index (κ3) is 2.73. The van der Waals surface area contributed by atoms with Crippen molar-refractivity contribution in [1.82, 2.24) is 0 Å². The molecule has 2 N–H and O–H groups in total. The van der Waals surface area contributed by atoms with Gasteiger partial charge in [-0.1, -0.05) is 67.9 Å². The van der Waals surface area contributed by atoms with Gasteiger partial charge in [0.05, 0.1) is 0 Å². The fourth-order valence-electron chi connectivity index (χ4n) is 2.31. The molecule has 104 valence electrons. The second-order valence-corrected chi connectivity index (χ2v) is 4.86. The van der Waals surface area contributed by atoms with Gasteiger partial charge >= 0.3 is 5.97 Å². The summed E-state index contributed by atoms with van der Waals surface area (Å²) >= 11 is 0. The zero-order chi connectivity index (χ0) is 14.6. The van der Waals surface area contributed by atoms with Crippen molar-refractivity contribution in [2.45, 2.75) is 25.4 Å². The first-order chi connectivity index (χ1) is 9.58. The van der Waals surface area contributed by atoms with Gasteiger partial charge in [0, 0.05) is 0 Å². The molecule has 0 saturated carbocycles. The first-order valence-corrected chi connectivity index (χ1v) is 6.69. The molecule has 0 spiro atoms. The lowest BCUT2D eigenvalue weighted by molar-refractivity contribution is -0.160. The molecule has 3 nitrogen and oxygen atoms in total. The van der Waals surface area contributed by atoms with Crippen molar-refractivity contribution in [3.8, 4) is 11.1 Å². The molecule has 2 aromatic carbocycles. The van der Waals surface area contributed by atoms with Crippen molar-refractivity contribution in [2.24, 2.45) is 0 Å². The maximum Gasteiger partial charge on any atom is 0.340 e. The van der Waals surface area contributed by atoms with Crippen LogP contribution in [0.15, 0.2) is 54.6 Å². The Morgan fingerprint density at radius 1 is 1.00 bits per heavy atom. The predicted molar refractivity (Wildman–Crippen MR) is 78.3 cm³/mol. The van der Waals surface area contributed by atoms with E-state index < -0.39 is 11.6 Å². The normalized spacial score (nSPS) is 13.7. The van der Waals surface area contributed by atoms with Crippen LogP contribution in [0.5, 0.6) is 0 Å². The van der Waals surface area contributed by atoms with E-state index in [0.717, 1.165) is 11.1 Å². The van der Waals surface area contributed by atoms with E-state index in [1.54, 1.807) is 12.1 Å². The van der Waals surface area contributed by atoms with Crippen molar-refractivity contribution in [3.63, 3.8) is 0 Å². The first kappa shape index (κ1) is 14.3. The Bertz CT molecular complexity index is 575. The van der Waals surface area contributed by atoms with Crippen LogP contribution >= 0.6 is 0 Å². The molecule has 0 amide bonds. The Morgan fingerprint density at radius 2 is 1.55 bits per heavy atom. The molecule has 0 aromatic heterocycles. The SMILES string of the molecule is CCCC(O)(C(=O)O)c1ccc(-c2ccccc2)cc1. The Kier molecular flexibility index (Phi) is 4.20. The van der Waals surface area contributed by atoms with Crippen molar-refractivity contribution in [2.75, 3.05) is 0 Å². The smallest absolute Gasteiger partial charge is 0.340 e. The van der Waals surface area contributed by atoms with Crippen LogP contribution in [0.1, 0.15) is 25.3 Å². The molecule has 0 aliphatic rings. The molecule has 2 rings (SSSR count). The molecule has 0 aliphatic heterocycles. The number of carbonyl (C=O) groups is 1. The number of hydrogen-bond donors (Lipinski definition) is 2. The molecule has 20 heavy (non-hydrogen) atoms. The summed E-state index contributed by atoms with van der Waals surface area (Å²) < 4.78 is 0. The average Bonchev–Trinajstić information content (AvgIpc) is 2.48. The Labute approximate surface area is 118 Å². The lowest BCUT2D eigenvalue weighted by Crippen LogP contribution is -2.35. The van der Waals surface area contributed by atoms with E-state index in [4.69, 9.17) is 0 Å². The average molecular weight is 270 g/mol. The summed E-state index contributed by atoms with van der Waals surface area (Å²) in [7, 11) is 0. The van der Waals surface area contributed by atoms with Gasteiger partial charge in [-0.3, -0.25) is 0 Å². The molecule has 2 aromatic rings. The van der Waals surface area contributed by atoms with Gasteiger partial charge in [0.15, 0.2) is 5.60 Å². The van der Waals surface area contributed by atoms with E-state index in [2.05, 4.69) is 0 Å². The lowest BCUT2D eigenvalue weighted by atomic mass is 9.88. The summed E-state index contributed by atoms with van der Waals surface area (Å²) in [6.07, 6.45) is 0.802. The van der Waals surface area contributed by atoms with Crippen molar-refractivity contribution in [1.29, 1.82) is 0 Å². The highest BCUT2D eigenvalue weighted by molar-refractivity contribution is 5.79. The molecule has 3 heteroatoms. The van der Waals surface area contributed by atoms with E-state index in [1.165, 1.54) is 0 Å². The van der Waals surface area contributed by atoms with E-state index >= 15 is 0 Å². The van der Waals surface area contributed by atoms with Gasteiger partial charge in [0.1, 0.15) is 0 Å². The zero-order valence-corrected chi connectivity index (χ0v) is 11.4. The van der Waals surface area contributed by atoms with Crippen LogP contribution in [-0.2, 0) is 10.4 Å². The fourth-order valence-corrected chi connectivity index (χ4v) is 2.31. The number of carboxylic acids is 1. The quantitative estimate of drug-likeness (QED) is 0.875. The number of rotatable bonds is 5. The first-order valence-electron chi connectivity index (χ1n) is 6.69. The molecular weight excluding hydrogens is 252 g/mol. The second-order valence-electron chi connectivity index (χ2n) is 4.86. The number of aliphatic carboxylic acids is 1. The van der Waals surface area contributed by atoms with Gasteiger partial charge in [0.2, 0.25) is 0 Å². The van der Waals surface area contributed by atoms with Crippen LogP contribution in [0, 0.1) is 0 Å². The van der Waals surface area contributed by atoms with Crippen LogP contribution < -0.4 is 0 Å². The monoisotopic (exact) mass is 270 g/mol. The number of hydrogen-bond acceptors (Lipinski definition) is 2. The highest BCUT2D eigenvalue weighted by Crippen LogP contribution is 2.29. The molecule has 1 unspecified atom stereocenters. The van der Waals surface area contributed by atoms with Gasteiger partial charge in [-0.15, -0.1) is 0 Å². The summed E-state index contributed by atoms with van der Waals surface area (Å²) in [6, 6.07) is 16.9. The van der Waals surface area contributed by atoms with Gasteiger partial charge < -0.3 is 10.2 Å². The minimum Gasteiger partial charge on any atom is -0.479 e. The second kappa shape index (κ2) is 5.88. The molecule has 0 saturated heterocycles. The summed E-state index contributed by atoms with van der Waals surface area (Å²) in [5.74, 6) is -1.20. The number of aliphatic hydroxyl groups is 1. The third-order valence-electron chi connectivity index (χ3n) is 3.44. The molecule has 0 heterocycles. The maximum atomic E-state index is 11.3. The minimum absolute atomic E-state index is 0.201. The van der Waals surface area contributed by atoms with Gasteiger partial charge in [0.25, 0.3) is 0 Å². The highest BCUT2D eigenvalue weighted by Gasteiger charge is 2.36. The topological polar surface area (TPSA) is 57.5 Å². The molecule has 0 bridgehead atoms. The van der Waals surface area contributed by atoms with Gasteiger partial charge in [-0.2, -0.15) is 0 Å². The van der Waals surface area contributed by atoms with Crippen LogP contribution in [-0.4, -0.2) is 16.2 Å². The van der Waals surface area contributed by atoms with Gasteiger partial charge in [-0.05, 0) is 23.1 Å². The van der Waals surface area contributed by atoms with Crippen molar-refractivity contribution in [3.05, 3.63) is 60.2 Å². The Balaban J connectivity index is 2.34. The predicted octanol–water partition coefficient (Wildman–Crippen LogP) is 3.43. The Hall–Kier alpha value is -2.13. The summed E-state index contributed by atoms with van der Waals surface area (Å²) in [6.45, 7) is 1.85. The van der Waals surface area contributed by atoms with Gasteiger partial charge in [-0.25, -0.2) is 4.79 Å². The molecule has 1 atom stereocenters. The minimum atomic E-state index is -1.80. The largest absolute Gasteiger partial charge is 0.479 e. The van der Waals surface area contributed by atoms with E-state index in [9.17, 15) is 15.0 Å². The lowest BCUT2D eigenvalue weighted by Gasteiger charge is -2.23. The van der Waals surface area contributed by atoms with E-state index in [1.807, 2.05) is 49.4 Å². The molecule has 0 fully saturated rings. The summed E-state index contributed by atoms with van der Waals surface area (Å²) in [4.78, 5) is 11.3. The summed E-state index contributed by atoms with van der Waals surface area (Å²) in [5.41, 5.74) is 0.683. The van der Waals surface area contributed by atoms with Crippen LogP contribution in [0.2, 0.25) is 0 Å². The van der Waals surface area contributed by atoms with E-state index in [0.29, 0.717) is 12.0 Å². The van der Waals surface area contributed by atoms with Crippen molar-refractivity contribution >= 4 is 5.97 Å². The Morgan fingerprint density at radius 3 is 2.05 bits per heavy atom. The maximum absolute atomic E-state index is 11.3. The van der Waals surface area contributed by atoms with Crippen LogP contribution in [0.3, 0.4) is 0 Å². The standard InChI is InChI=1S/C17H18O3/c1-2-12-17(20,16(18)19)15-10-8-14(9-11-15)13-6-4-3-5-7-13/h3-11,20H,2,12H2,1H3,(H,18,19). The highest BCUT2D eigenvalue weighted by atomic mass is 16.4. The van der Waals surface area contributed by atoms with E-state index in [-0.39, 0.29) is 6.42 Å². The van der Waals surface area contributed by atoms with Crippen molar-refractivity contribution < 1.29 is 15.0 Å². The fraction of sp³-hybridized carbons (Fsp3) is 0.235. The molecule has 0 aliphatic carbocycles.